The van der Waals surface area contributed by atoms with E-state index in [0.717, 1.165) is 50.3 Å². The maximum absolute atomic E-state index is 6.09. The molecule has 124 valence electrons. The van der Waals surface area contributed by atoms with Gasteiger partial charge in [0.25, 0.3) is 0 Å². The number of alkyl halides is 1. The Kier molecular flexibility index (Phi) is 7.48. The minimum Gasteiger partial charge on any atom is -0.493 e. The third-order valence-corrected chi connectivity index (χ3v) is 4.46. The molecule has 0 aliphatic carbocycles. The first kappa shape index (κ1) is 17.9. The van der Waals surface area contributed by atoms with Gasteiger partial charge in [-0.3, -0.25) is 0 Å². The van der Waals surface area contributed by atoms with E-state index in [9.17, 15) is 0 Å². The summed E-state index contributed by atoms with van der Waals surface area (Å²) in [5.74, 6) is 1.73. The number of unbranched alkanes of at least 4 members (excludes halogenated alkanes) is 2. The molecule has 0 amide bonds. The second-order valence-electron chi connectivity index (χ2n) is 5.75. The molecule has 23 heavy (non-hydrogen) atoms. The topological polar surface area (TPSA) is 9.23 Å². The first-order chi connectivity index (χ1) is 11.3. The van der Waals surface area contributed by atoms with Crippen LogP contribution >= 0.6 is 11.6 Å². The van der Waals surface area contributed by atoms with E-state index in [4.69, 9.17) is 16.3 Å². The molecule has 0 heterocycles. The van der Waals surface area contributed by atoms with Crippen molar-refractivity contribution in [1.29, 1.82) is 0 Å². The summed E-state index contributed by atoms with van der Waals surface area (Å²) in [4.78, 5) is 0. The molecule has 0 N–H and O–H groups in total. The highest BCUT2D eigenvalue weighted by Gasteiger charge is 2.13. The Morgan fingerprint density at radius 1 is 0.826 bits per heavy atom. The monoisotopic (exact) mass is 330 g/mol. The predicted octanol–water partition coefficient (Wildman–Crippen LogP) is 6.27. The van der Waals surface area contributed by atoms with Gasteiger partial charge in [0, 0.05) is 11.4 Å². The maximum atomic E-state index is 6.09. The van der Waals surface area contributed by atoms with Crippen molar-refractivity contribution >= 4 is 11.6 Å². The van der Waals surface area contributed by atoms with Gasteiger partial charge in [-0.1, -0.05) is 50.2 Å². The number of halogens is 1. The van der Waals surface area contributed by atoms with E-state index >= 15 is 0 Å². The van der Waals surface area contributed by atoms with Gasteiger partial charge in [0.05, 0.1) is 6.61 Å². The van der Waals surface area contributed by atoms with Crippen LogP contribution in [0.15, 0.2) is 42.5 Å². The largest absolute Gasteiger partial charge is 0.493 e. The highest BCUT2D eigenvalue weighted by molar-refractivity contribution is 6.17. The van der Waals surface area contributed by atoms with Crippen LogP contribution in [0.3, 0.4) is 0 Å². The molecular formula is C21H27ClO. The van der Waals surface area contributed by atoms with Gasteiger partial charge in [-0.25, -0.2) is 0 Å². The lowest BCUT2D eigenvalue weighted by Gasteiger charge is -2.17. The van der Waals surface area contributed by atoms with Crippen LogP contribution in [0.2, 0.25) is 0 Å². The number of hydrogen-bond acceptors (Lipinski definition) is 1. The molecule has 0 spiro atoms. The van der Waals surface area contributed by atoms with E-state index in [0.29, 0.717) is 0 Å². The first-order valence-electron chi connectivity index (χ1n) is 8.70. The molecule has 0 saturated heterocycles. The number of rotatable bonds is 9. The second-order valence-corrected chi connectivity index (χ2v) is 6.13. The van der Waals surface area contributed by atoms with Crippen molar-refractivity contribution in [2.75, 3.05) is 12.5 Å². The fourth-order valence-corrected chi connectivity index (χ4v) is 3.13. The quantitative estimate of drug-likeness (QED) is 0.389. The van der Waals surface area contributed by atoms with Crippen LogP contribution in [0.1, 0.15) is 44.2 Å². The summed E-state index contributed by atoms with van der Waals surface area (Å²) < 4.78 is 6.09. The van der Waals surface area contributed by atoms with Gasteiger partial charge in [0.1, 0.15) is 5.75 Å². The van der Waals surface area contributed by atoms with Gasteiger partial charge < -0.3 is 4.74 Å². The van der Waals surface area contributed by atoms with Crippen molar-refractivity contribution in [3.05, 3.63) is 53.6 Å². The predicted molar refractivity (Wildman–Crippen MR) is 101 cm³/mol. The highest BCUT2D eigenvalue weighted by atomic mass is 35.5. The summed E-state index contributed by atoms with van der Waals surface area (Å²) in [5, 5.41) is 0. The van der Waals surface area contributed by atoms with E-state index in [1.165, 1.54) is 22.3 Å². The molecule has 0 aromatic heterocycles. The molecule has 0 bridgehead atoms. The summed E-state index contributed by atoms with van der Waals surface area (Å²) >= 11 is 5.73. The SMILES string of the molecule is CCc1cccc(CC)c1-c1ccccc1OCCCCCCl. The summed E-state index contributed by atoms with van der Waals surface area (Å²) in [6.07, 6.45) is 5.31. The molecule has 0 aliphatic rings. The van der Waals surface area contributed by atoms with E-state index in [2.05, 4.69) is 56.3 Å². The summed E-state index contributed by atoms with van der Waals surface area (Å²) in [5.41, 5.74) is 5.36. The Hall–Kier alpha value is -1.47. The van der Waals surface area contributed by atoms with Gasteiger partial charge in [-0.2, -0.15) is 0 Å². The van der Waals surface area contributed by atoms with Crippen LogP contribution in [0.25, 0.3) is 11.1 Å². The van der Waals surface area contributed by atoms with Crippen molar-refractivity contribution in [3.8, 4) is 16.9 Å². The average Bonchev–Trinajstić information content (AvgIpc) is 2.61. The minimum absolute atomic E-state index is 0.736. The molecule has 0 unspecified atom stereocenters. The van der Waals surface area contributed by atoms with Crippen molar-refractivity contribution in [2.24, 2.45) is 0 Å². The second kappa shape index (κ2) is 9.62. The van der Waals surface area contributed by atoms with Crippen LogP contribution in [0.5, 0.6) is 5.75 Å². The molecule has 2 aromatic rings. The van der Waals surface area contributed by atoms with Gasteiger partial charge in [-0.05, 0) is 54.9 Å². The van der Waals surface area contributed by atoms with Gasteiger partial charge in [0.15, 0.2) is 0 Å². The zero-order valence-electron chi connectivity index (χ0n) is 14.3. The van der Waals surface area contributed by atoms with Gasteiger partial charge in [-0.15, -0.1) is 11.6 Å². The lowest BCUT2D eigenvalue weighted by molar-refractivity contribution is 0.307. The molecule has 0 aliphatic heterocycles. The molecule has 0 radical (unpaired) electrons. The molecule has 2 rings (SSSR count). The molecule has 0 fully saturated rings. The maximum Gasteiger partial charge on any atom is 0.127 e. The molecule has 2 heteroatoms. The first-order valence-corrected chi connectivity index (χ1v) is 9.24. The number of hydrogen-bond donors (Lipinski definition) is 0. The Labute approximate surface area is 145 Å². The zero-order chi connectivity index (χ0) is 16.5. The fraction of sp³-hybridized carbons (Fsp3) is 0.429. The lowest BCUT2D eigenvalue weighted by Crippen LogP contribution is -2.01. The van der Waals surface area contributed by atoms with E-state index in [-0.39, 0.29) is 0 Å². The number of aryl methyl sites for hydroxylation is 2. The third-order valence-electron chi connectivity index (χ3n) is 4.19. The van der Waals surface area contributed by atoms with Crippen molar-refractivity contribution in [1.82, 2.24) is 0 Å². The average molecular weight is 331 g/mol. The Bertz CT molecular complexity index is 584. The molecule has 0 saturated carbocycles. The Balaban J connectivity index is 2.26. The summed E-state index contributed by atoms with van der Waals surface area (Å²) in [7, 11) is 0. The van der Waals surface area contributed by atoms with E-state index < -0.39 is 0 Å². The molecule has 0 atom stereocenters. The molecular weight excluding hydrogens is 304 g/mol. The Morgan fingerprint density at radius 2 is 1.52 bits per heavy atom. The van der Waals surface area contributed by atoms with Crippen molar-refractivity contribution in [2.45, 2.75) is 46.0 Å². The summed E-state index contributed by atoms with van der Waals surface area (Å²) in [6, 6.07) is 15.0. The van der Waals surface area contributed by atoms with Crippen LogP contribution < -0.4 is 4.74 Å². The number of benzene rings is 2. The highest BCUT2D eigenvalue weighted by Crippen LogP contribution is 2.35. The van der Waals surface area contributed by atoms with Crippen LogP contribution in [-0.2, 0) is 12.8 Å². The van der Waals surface area contributed by atoms with Crippen LogP contribution in [0.4, 0.5) is 0 Å². The lowest BCUT2D eigenvalue weighted by atomic mass is 9.91. The normalized spacial score (nSPS) is 10.7. The van der Waals surface area contributed by atoms with Gasteiger partial charge in [0.2, 0.25) is 0 Å². The smallest absolute Gasteiger partial charge is 0.127 e. The van der Waals surface area contributed by atoms with Crippen LogP contribution in [0, 0.1) is 0 Å². The van der Waals surface area contributed by atoms with E-state index in [1.54, 1.807) is 0 Å². The molecule has 1 nitrogen and oxygen atoms in total. The van der Waals surface area contributed by atoms with Gasteiger partial charge >= 0.3 is 0 Å². The number of ether oxygens (including phenoxy) is 1. The van der Waals surface area contributed by atoms with Crippen molar-refractivity contribution < 1.29 is 4.74 Å². The molecule has 2 aromatic carbocycles. The zero-order valence-corrected chi connectivity index (χ0v) is 15.0. The van der Waals surface area contributed by atoms with E-state index in [1.807, 2.05) is 0 Å². The summed E-state index contributed by atoms with van der Waals surface area (Å²) in [6.45, 7) is 5.19. The van der Waals surface area contributed by atoms with Crippen molar-refractivity contribution in [3.63, 3.8) is 0 Å². The third kappa shape index (κ3) is 4.75. The minimum atomic E-state index is 0.736. The standard InChI is InChI=1S/C21H27ClO/c1-3-17-11-10-12-18(4-2)21(17)19-13-6-7-14-20(19)23-16-9-5-8-15-22/h6-7,10-14H,3-5,8-9,15-16H2,1-2H3. The Morgan fingerprint density at radius 3 is 2.17 bits per heavy atom. The van der Waals surface area contributed by atoms with Crippen LogP contribution in [-0.4, -0.2) is 12.5 Å². The number of para-hydroxylation sites is 1. The fourth-order valence-electron chi connectivity index (χ4n) is 2.94.